The smallest absolute Gasteiger partial charge is 0.305 e. The van der Waals surface area contributed by atoms with E-state index in [9.17, 15) is 13.2 Å². The maximum atomic E-state index is 12.1. The third-order valence-corrected chi connectivity index (χ3v) is 6.02. The first-order valence-electron chi connectivity index (χ1n) is 7.43. The van der Waals surface area contributed by atoms with Crippen molar-refractivity contribution in [2.45, 2.75) is 70.0 Å². The molecule has 0 atom stereocenters. The van der Waals surface area contributed by atoms with Crippen LogP contribution in [0.3, 0.4) is 0 Å². The van der Waals surface area contributed by atoms with Gasteiger partial charge in [0.05, 0.1) is 17.6 Å². The van der Waals surface area contributed by atoms with E-state index in [4.69, 9.17) is 4.74 Å². The first-order valence-corrected chi connectivity index (χ1v) is 9.15. The molecule has 1 fully saturated rings. The van der Waals surface area contributed by atoms with Crippen molar-refractivity contribution >= 4 is 15.8 Å². The Morgan fingerprint density at radius 3 is 2.42 bits per heavy atom. The fourth-order valence-electron chi connectivity index (χ4n) is 2.57. The Morgan fingerprint density at radius 1 is 1.11 bits per heavy atom. The molecule has 0 saturated heterocycles. The lowest BCUT2D eigenvalue weighted by molar-refractivity contribution is -0.143. The van der Waals surface area contributed by atoms with E-state index in [0.29, 0.717) is 19.4 Å². The zero-order chi connectivity index (χ0) is 14.1. The highest BCUT2D eigenvalue weighted by Crippen LogP contribution is 2.24. The summed E-state index contributed by atoms with van der Waals surface area (Å²) >= 11 is 0. The van der Waals surface area contributed by atoms with Crippen LogP contribution in [0.25, 0.3) is 0 Å². The topological polar surface area (TPSA) is 60.4 Å². The quantitative estimate of drug-likeness (QED) is 0.509. The molecule has 4 nitrogen and oxygen atoms in total. The normalized spacial score (nSPS) is 17.3. The van der Waals surface area contributed by atoms with Crippen molar-refractivity contribution in [3.05, 3.63) is 0 Å². The van der Waals surface area contributed by atoms with Crippen LogP contribution in [0.2, 0.25) is 0 Å². The zero-order valence-corrected chi connectivity index (χ0v) is 12.7. The third kappa shape index (κ3) is 6.41. The highest BCUT2D eigenvalue weighted by molar-refractivity contribution is 7.92. The summed E-state index contributed by atoms with van der Waals surface area (Å²) in [6.07, 6.45) is 7.51. The standard InChI is InChI=1S/C14H26O4S/c1-2-18-14(15)11-7-4-8-12-19(16,17)13-9-5-3-6-10-13/h13H,2-12H2,1H3. The van der Waals surface area contributed by atoms with Gasteiger partial charge in [-0.05, 0) is 32.6 Å². The highest BCUT2D eigenvalue weighted by atomic mass is 32.2. The van der Waals surface area contributed by atoms with Crippen LogP contribution < -0.4 is 0 Å². The molecule has 1 saturated carbocycles. The van der Waals surface area contributed by atoms with Gasteiger partial charge in [-0.3, -0.25) is 4.79 Å². The summed E-state index contributed by atoms with van der Waals surface area (Å²) in [4.78, 5) is 11.1. The number of unbranched alkanes of at least 4 members (excludes halogenated alkanes) is 2. The van der Waals surface area contributed by atoms with Gasteiger partial charge in [0, 0.05) is 6.42 Å². The minimum atomic E-state index is -2.91. The van der Waals surface area contributed by atoms with E-state index >= 15 is 0 Å². The molecule has 1 aliphatic rings. The lowest BCUT2D eigenvalue weighted by Gasteiger charge is -2.21. The van der Waals surface area contributed by atoms with Gasteiger partial charge >= 0.3 is 5.97 Å². The molecular formula is C14H26O4S. The van der Waals surface area contributed by atoms with E-state index in [2.05, 4.69) is 0 Å². The van der Waals surface area contributed by atoms with Crippen molar-refractivity contribution in [1.29, 1.82) is 0 Å². The number of rotatable bonds is 8. The van der Waals surface area contributed by atoms with E-state index in [1.165, 1.54) is 6.42 Å². The van der Waals surface area contributed by atoms with Crippen LogP contribution in [-0.4, -0.2) is 32.0 Å². The van der Waals surface area contributed by atoms with Crippen LogP contribution in [0, 0.1) is 0 Å². The van der Waals surface area contributed by atoms with Gasteiger partial charge in [0.15, 0.2) is 9.84 Å². The fourth-order valence-corrected chi connectivity index (χ4v) is 4.56. The zero-order valence-electron chi connectivity index (χ0n) is 11.9. The summed E-state index contributed by atoms with van der Waals surface area (Å²) in [5, 5.41) is -0.105. The molecule has 112 valence electrons. The highest BCUT2D eigenvalue weighted by Gasteiger charge is 2.26. The molecule has 0 heterocycles. The molecule has 0 aromatic rings. The van der Waals surface area contributed by atoms with Crippen LogP contribution in [0.1, 0.15) is 64.7 Å². The second-order valence-corrected chi connectivity index (χ2v) is 7.64. The molecule has 1 rings (SSSR count). The Hall–Kier alpha value is -0.580. The van der Waals surface area contributed by atoms with Gasteiger partial charge < -0.3 is 4.74 Å². The summed E-state index contributed by atoms with van der Waals surface area (Å²) in [5.74, 6) is 0.0955. The Labute approximate surface area is 116 Å². The first kappa shape index (κ1) is 16.5. The molecule has 0 amide bonds. The third-order valence-electron chi connectivity index (χ3n) is 3.68. The summed E-state index contributed by atoms with van der Waals surface area (Å²) in [6.45, 7) is 2.20. The van der Waals surface area contributed by atoms with Crippen molar-refractivity contribution in [2.75, 3.05) is 12.4 Å². The van der Waals surface area contributed by atoms with E-state index < -0.39 is 9.84 Å². The molecular weight excluding hydrogens is 264 g/mol. The number of carbonyl (C=O) groups excluding carboxylic acids is 1. The minimum absolute atomic E-state index is 0.105. The largest absolute Gasteiger partial charge is 0.466 e. The van der Waals surface area contributed by atoms with Crippen LogP contribution >= 0.6 is 0 Å². The average Bonchev–Trinajstić information content (AvgIpc) is 2.39. The molecule has 0 aromatic heterocycles. The Balaban J connectivity index is 2.15. The number of sulfone groups is 1. The number of ether oxygens (including phenoxy) is 1. The maximum Gasteiger partial charge on any atom is 0.305 e. The molecule has 0 aromatic carbocycles. The molecule has 0 radical (unpaired) electrons. The first-order chi connectivity index (χ1) is 9.06. The van der Waals surface area contributed by atoms with E-state index in [1.807, 2.05) is 0 Å². The van der Waals surface area contributed by atoms with Gasteiger partial charge in [0.1, 0.15) is 0 Å². The lowest BCUT2D eigenvalue weighted by atomic mass is 10.0. The van der Waals surface area contributed by atoms with Crippen molar-refractivity contribution in [3.63, 3.8) is 0 Å². The molecule has 0 unspecified atom stereocenters. The Morgan fingerprint density at radius 2 is 1.79 bits per heavy atom. The summed E-state index contributed by atoms with van der Waals surface area (Å²) in [7, 11) is -2.91. The summed E-state index contributed by atoms with van der Waals surface area (Å²) in [6, 6.07) is 0. The molecule has 0 bridgehead atoms. The molecule has 0 N–H and O–H groups in total. The van der Waals surface area contributed by atoms with Crippen LogP contribution in [0.15, 0.2) is 0 Å². The Kier molecular flexibility index (Phi) is 7.42. The van der Waals surface area contributed by atoms with Gasteiger partial charge in [0.2, 0.25) is 0 Å². The van der Waals surface area contributed by atoms with Crippen molar-refractivity contribution in [2.24, 2.45) is 0 Å². The lowest BCUT2D eigenvalue weighted by Crippen LogP contribution is -2.26. The van der Waals surface area contributed by atoms with Gasteiger partial charge in [-0.1, -0.05) is 25.7 Å². The summed E-state index contributed by atoms with van der Waals surface area (Å²) < 4.78 is 29.0. The second-order valence-electron chi connectivity index (χ2n) is 5.24. The van der Waals surface area contributed by atoms with Crippen LogP contribution in [0.5, 0.6) is 0 Å². The molecule has 0 spiro atoms. The average molecular weight is 290 g/mol. The van der Waals surface area contributed by atoms with Crippen molar-refractivity contribution in [1.82, 2.24) is 0 Å². The fraction of sp³-hybridized carbons (Fsp3) is 0.929. The molecule has 1 aliphatic carbocycles. The number of carbonyl (C=O) groups is 1. The predicted molar refractivity (Wildman–Crippen MR) is 75.8 cm³/mol. The number of esters is 1. The SMILES string of the molecule is CCOC(=O)CCCCCS(=O)(=O)C1CCCCC1. The molecule has 5 heteroatoms. The van der Waals surface area contributed by atoms with E-state index in [0.717, 1.165) is 38.5 Å². The summed E-state index contributed by atoms with van der Waals surface area (Å²) in [5.41, 5.74) is 0. The van der Waals surface area contributed by atoms with Gasteiger partial charge in [0.25, 0.3) is 0 Å². The minimum Gasteiger partial charge on any atom is -0.466 e. The monoisotopic (exact) mass is 290 g/mol. The van der Waals surface area contributed by atoms with Crippen LogP contribution in [-0.2, 0) is 19.4 Å². The maximum absolute atomic E-state index is 12.1. The van der Waals surface area contributed by atoms with Crippen molar-refractivity contribution < 1.29 is 17.9 Å². The Bertz CT molecular complexity index is 356. The van der Waals surface area contributed by atoms with Crippen LogP contribution in [0.4, 0.5) is 0 Å². The van der Waals surface area contributed by atoms with Gasteiger partial charge in [-0.25, -0.2) is 8.42 Å². The van der Waals surface area contributed by atoms with Gasteiger partial charge in [-0.2, -0.15) is 0 Å². The van der Waals surface area contributed by atoms with Gasteiger partial charge in [-0.15, -0.1) is 0 Å². The predicted octanol–water partition coefficient (Wildman–Crippen LogP) is 2.86. The second kappa shape index (κ2) is 8.56. The molecule has 19 heavy (non-hydrogen) atoms. The van der Waals surface area contributed by atoms with E-state index in [1.54, 1.807) is 6.92 Å². The number of hydrogen-bond donors (Lipinski definition) is 0. The number of hydrogen-bond acceptors (Lipinski definition) is 4. The van der Waals surface area contributed by atoms with Crippen molar-refractivity contribution in [3.8, 4) is 0 Å². The van der Waals surface area contributed by atoms with E-state index in [-0.39, 0.29) is 17.0 Å². The molecule has 0 aliphatic heterocycles.